The van der Waals surface area contributed by atoms with Gasteiger partial charge in [0.2, 0.25) is 10.0 Å². The molecule has 0 aromatic heterocycles. The van der Waals surface area contributed by atoms with E-state index in [4.69, 9.17) is 10.2 Å². The van der Waals surface area contributed by atoms with Crippen molar-refractivity contribution < 1.29 is 23.4 Å². The normalized spacial score (nSPS) is 12.8. The molecule has 0 fully saturated rings. The van der Waals surface area contributed by atoms with Crippen molar-refractivity contribution in [2.45, 2.75) is 44.0 Å². The Bertz CT molecular complexity index is 631. The topological polar surface area (TPSA) is 116 Å². The van der Waals surface area contributed by atoms with E-state index in [2.05, 4.69) is 10.0 Å². The molecule has 1 unspecified atom stereocenters. The van der Waals surface area contributed by atoms with Crippen LogP contribution in [-0.4, -0.2) is 43.8 Å². The number of hydrogen-bond donors (Lipinski definition) is 4. The van der Waals surface area contributed by atoms with Crippen LogP contribution >= 0.6 is 0 Å². The number of anilines is 1. The number of benzene rings is 1. The fraction of sp³-hybridized carbons (Fsp3) is 0.533. The summed E-state index contributed by atoms with van der Waals surface area (Å²) < 4.78 is 27.7. The second-order valence-corrected chi connectivity index (χ2v) is 7.01. The van der Waals surface area contributed by atoms with Crippen LogP contribution in [0.15, 0.2) is 23.1 Å². The molecule has 23 heavy (non-hydrogen) atoms. The van der Waals surface area contributed by atoms with Crippen LogP contribution in [0.2, 0.25) is 0 Å². The minimum Gasteiger partial charge on any atom is -0.478 e. The summed E-state index contributed by atoms with van der Waals surface area (Å²) in [6.07, 6.45) is 1.98. The van der Waals surface area contributed by atoms with Gasteiger partial charge in [-0.25, -0.2) is 17.9 Å². The molecule has 0 aliphatic rings. The van der Waals surface area contributed by atoms with Gasteiger partial charge in [-0.2, -0.15) is 0 Å². The molecule has 1 atom stereocenters. The number of aromatic carboxylic acids is 1. The number of aliphatic hydroxyl groups excluding tert-OH is 1. The maximum Gasteiger partial charge on any atom is 0.335 e. The van der Waals surface area contributed by atoms with Crippen molar-refractivity contribution >= 4 is 21.7 Å². The van der Waals surface area contributed by atoms with Gasteiger partial charge in [0.05, 0.1) is 11.3 Å². The van der Waals surface area contributed by atoms with Crippen LogP contribution < -0.4 is 10.0 Å². The number of sulfonamides is 1. The van der Waals surface area contributed by atoms with Crippen LogP contribution in [0.25, 0.3) is 0 Å². The molecule has 7 nitrogen and oxygen atoms in total. The molecule has 1 aromatic carbocycles. The molecule has 1 aromatic rings. The Morgan fingerprint density at radius 3 is 2.61 bits per heavy atom. The van der Waals surface area contributed by atoms with Crippen LogP contribution in [0.1, 0.15) is 43.5 Å². The van der Waals surface area contributed by atoms with Crippen molar-refractivity contribution in [3.63, 3.8) is 0 Å². The zero-order valence-electron chi connectivity index (χ0n) is 13.4. The minimum absolute atomic E-state index is 0.0198. The highest BCUT2D eigenvalue weighted by atomic mass is 32.2. The van der Waals surface area contributed by atoms with Gasteiger partial charge in [0.1, 0.15) is 4.90 Å². The predicted octanol–water partition coefficient (Wildman–Crippen LogP) is 1.65. The molecule has 0 radical (unpaired) electrons. The fourth-order valence-corrected chi connectivity index (χ4v) is 3.63. The molecule has 0 aliphatic heterocycles. The largest absolute Gasteiger partial charge is 0.478 e. The van der Waals surface area contributed by atoms with Crippen LogP contribution in [0.4, 0.5) is 5.69 Å². The first-order valence-electron chi connectivity index (χ1n) is 7.56. The van der Waals surface area contributed by atoms with Crippen molar-refractivity contribution in [1.82, 2.24) is 4.72 Å². The van der Waals surface area contributed by atoms with Gasteiger partial charge in [0.15, 0.2) is 0 Å². The average Bonchev–Trinajstić information content (AvgIpc) is 2.47. The fourth-order valence-electron chi connectivity index (χ4n) is 2.15. The van der Waals surface area contributed by atoms with Gasteiger partial charge in [-0.1, -0.05) is 13.3 Å². The molecule has 0 amide bonds. The molecule has 0 heterocycles. The van der Waals surface area contributed by atoms with Crippen molar-refractivity contribution in [3.8, 4) is 0 Å². The minimum atomic E-state index is -3.84. The first kappa shape index (κ1) is 19.4. The Labute approximate surface area is 136 Å². The van der Waals surface area contributed by atoms with Crippen LogP contribution in [-0.2, 0) is 10.0 Å². The number of carboxylic acid groups (broad SMARTS) is 1. The molecule has 0 bridgehead atoms. The number of carbonyl (C=O) groups is 1. The summed E-state index contributed by atoms with van der Waals surface area (Å²) in [7, 11) is -3.84. The average molecular weight is 344 g/mol. The van der Waals surface area contributed by atoms with E-state index in [1.807, 2.05) is 6.92 Å². The molecule has 1 rings (SSSR count). The van der Waals surface area contributed by atoms with Gasteiger partial charge in [-0.3, -0.25) is 0 Å². The Hall–Kier alpha value is -1.64. The van der Waals surface area contributed by atoms with Crippen LogP contribution in [0, 0.1) is 0 Å². The predicted molar refractivity (Wildman–Crippen MR) is 88.3 cm³/mol. The van der Waals surface area contributed by atoms with E-state index >= 15 is 0 Å². The Morgan fingerprint density at radius 1 is 1.35 bits per heavy atom. The summed E-state index contributed by atoms with van der Waals surface area (Å²) in [5.41, 5.74) is 0.223. The highest BCUT2D eigenvalue weighted by molar-refractivity contribution is 7.89. The number of aliphatic hydroxyl groups is 1. The first-order valence-corrected chi connectivity index (χ1v) is 9.04. The van der Waals surface area contributed by atoms with Gasteiger partial charge in [-0.15, -0.1) is 0 Å². The van der Waals surface area contributed by atoms with E-state index < -0.39 is 16.0 Å². The van der Waals surface area contributed by atoms with E-state index in [0.717, 1.165) is 12.5 Å². The van der Waals surface area contributed by atoms with Gasteiger partial charge in [0, 0.05) is 19.2 Å². The van der Waals surface area contributed by atoms with Crippen molar-refractivity contribution in [1.29, 1.82) is 0 Å². The third-order valence-corrected chi connectivity index (χ3v) is 4.88. The Balaban J connectivity index is 3.16. The second kappa shape index (κ2) is 8.85. The van der Waals surface area contributed by atoms with Crippen LogP contribution in [0.5, 0.6) is 0 Å². The number of rotatable bonds is 10. The van der Waals surface area contributed by atoms with Gasteiger partial charge < -0.3 is 15.5 Å². The maximum absolute atomic E-state index is 12.6. The zero-order valence-corrected chi connectivity index (χ0v) is 14.2. The van der Waals surface area contributed by atoms with E-state index in [1.165, 1.54) is 12.1 Å². The lowest BCUT2D eigenvalue weighted by Crippen LogP contribution is -2.33. The smallest absolute Gasteiger partial charge is 0.335 e. The van der Waals surface area contributed by atoms with Crippen LogP contribution in [0.3, 0.4) is 0 Å². The summed E-state index contributed by atoms with van der Waals surface area (Å²) in [6, 6.07) is 3.67. The van der Waals surface area contributed by atoms with E-state index in [-0.39, 0.29) is 23.1 Å². The Kier molecular flexibility index (Phi) is 7.47. The second-order valence-electron chi connectivity index (χ2n) is 5.33. The maximum atomic E-state index is 12.6. The van der Waals surface area contributed by atoms with Crippen molar-refractivity contribution in [2.75, 3.05) is 18.5 Å². The summed E-state index contributed by atoms with van der Waals surface area (Å²) in [4.78, 5) is 11.0. The van der Waals surface area contributed by atoms with Crippen molar-refractivity contribution in [3.05, 3.63) is 23.8 Å². The van der Waals surface area contributed by atoms with E-state index in [1.54, 1.807) is 6.92 Å². The molecule has 130 valence electrons. The first-order chi connectivity index (χ1) is 10.8. The third kappa shape index (κ3) is 5.81. The van der Waals surface area contributed by atoms with Crippen molar-refractivity contribution in [2.24, 2.45) is 0 Å². The van der Waals surface area contributed by atoms with E-state index in [0.29, 0.717) is 25.1 Å². The third-order valence-electron chi connectivity index (χ3n) is 3.25. The SMILES string of the molecule is CCCC(C)NS(=O)(=O)c1cc(C(=O)O)ccc1NCCCO. The summed E-state index contributed by atoms with van der Waals surface area (Å²) in [6.45, 7) is 4.09. The zero-order chi connectivity index (χ0) is 17.5. The summed E-state index contributed by atoms with van der Waals surface area (Å²) in [5.74, 6) is -1.19. The molecule has 0 aliphatic carbocycles. The molecule has 0 spiro atoms. The molecular weight excluding hydrogens is 320 g/mol. The monoisotopic (exact) mass is 344 g/mol. The van der Waals surface area contributed by atoms with E-state index in [9.17, 15) is 13.2 Å². The highest BCUT2D eigenvalue weighted by Gasteiger charge is 2.22. The summed E-state index contributed by atoms with van der Waals surface area (Å²) >= 11 is 0. The lowest BCUT2D eigenvalue weighted by Gasteiger charge is -2.17. The lowest BCUT2D eigenvalue weighted by molar-refractivity contribution is 0.0696. The van der Waals surface area contributed by atoms with Gasteiger partial charge in [-0.05, 0) is 38.0 Å². The molecular formula is C15H24N2O5S. The Morgan fingerprint density at radius 2 is 2.04 bits per heavy atom. The molecule has 8 heteroatoms. The number of hydrogen-bond acceptors (Lipinski definition) is 5. The standard InChI is InChI=1S/C15H24N2O5S/c1-3-5-11(2)17-23(21,22)14-10-12(15(19)20)6-7-13(14)16-8-4-9-18/h6-7,10-11,16-18H,3-5,8-9H2,1-2H3,(H,19,20). The van der Waals surface area contributed by atoms with Gasteiger partial charge in [0.25, 0.3) is 0 Å². The van der Waals surface area contributed by atoms with Gasteiger partial charge >= 0.3 is 5.97 Å². The quantitative estimate of drug-likeness (QED) is 0.480. The molecule has 0 saturated heterocycles. The summed E-state index contributed by atoms with van der Waals surface area (Å²) in [5, 5.41) is 20.8. The number of nitrogens with one attached hydrogen (secondary N) is 2. The highest BCUT2D eigenvalue weighted by Crippen LogP contribution is 2.23. The lowest BCUT2D eigenvalue weighted by atomic mass is 10.2. The molecule has 0 saturated carbocycles. The molecule has 4 N–H and O–H groups in total. The number of carboxylic acids is 1.